The number of hydrogen-bond acceptors (Lipinski definition) is 6. The van der Waals surface area contributed by atoms with Crippen LogP contribution in [0.2, 0.25) is 5.15 Å². The lowest BCUT2D eigenvalue weighted by Gasteiger charge is -2.38. The number of ketones is 1. The lowest BCUT2D eigenvalue weighted by molar-refractivity contribution is -0.124. The first kappa shape index (κ1) is 24.3. The Labute approximate surface area is 204 Å². The van der Waals surface area contributed by atoms with E-state index in [0.717, 1.165) is 16.9 Å². The summed E-state index contributed by atoms with van der Waals surface area (Å²) in [6.07, 6.45) is 1.07. The third-order valence-electron chi connectivity index (χ3n) is 6.00. The topological polar surface area (TPSA) is 90.8 Å². The van der Waals surface area contributed by atoms with E-state index in [1.165, 1.54) is 37.2 Å². The second-order valence-electron chi connectivity index (χ2n) is 8.67. The first-order chi connectivity index (χ1) is 16.1. The number of thiophene rings is 1. The number of carbonyl (C=O) groups is 3. The molecule has 3 heterocycles. The Balaban J connectivity index is 1.52. The van der Waals surface area contributed by atoms with E-state index in [1.54, 1.807) is 22.4 Å². The second kappa shape index (κ2) is 9.40. The van der Waals surface area contributed by atoms with Crippen LogP contribution in [0.3, 0.4) is 0 Å². The largest absolute Gasteiger partial charge is 0.389 e. The fraction of sp³-hybridized carbons (Fsp3) is 0.333. The third-order valence-corrected chi connectivity index (χ3v) is 7.27. The lowest BCUT2D eigenvalue weighted by atomic mass is 9.85. The summed E-state index contributed by atoms with van der Waals surface area (Å²) in [7, 11) is 2.99. The van der Waals surface area contributed by atoms with Crippen molar-refractivity contribution in [1.29, 1.82) is 0 Å². The van der Waals surface area contributed by atoms with Crippen molar-refractivity contribution in [2.45, 2.75) is 24.9 Å². The van der Waals surface area contributed by atoms with Crippen molar-refractivity contribution < 1.29 is 23.9 Å². The van der Waals surface area contributed by atoms with Gasteiger partial charge in [0.1, 0.15) is 11.0 Å². The number of rotatable bonds is 5. The van der Waals surface area contributed by atoms with E-state index >= 15 is 0 Å². The predicted molar refractivity (Wildman–Crippen MR) is 128 cm³/mol. The molecule has 2 amide bonds. The van der Waals surface area contributed by atoms with Gasteiger partial charge in [-0.3, -0.25) is 14.4 Å². The zero-order valence-electron chi connectivity index (χ0n) is 18.7. The van der Waals surface area contributed by atoms with Crippen molar-refractivity contribution in [3.63, 3.8) is 0 Å². The molecule has 1 fully saturated rings. The van der Waals surface area contributed by atoms with Gasteiger partial charge < -0.3 is 14.9 Å². The molecule has 2 aromatic heterocycles. The van der Waals surface area contributed by atoms with Gasteiger partial charge in [0.25, 0.3) is 17.6 Å². The van der Waals surface area contributed by atoms with Gasteiger partial charge >= 0.3 is 0 Å². The molecule has 0 saturated carbocycles. The van der Waals surface area contributed by atoms with E-state index in [2.05, 4.69) is 4.98 Å². The fourth-order valence-electron chi connectivity index (χ4n) is 4.04. The van der Waals surface area contributed by atoms with E-state index in [9.17, 15) is 23.9 Å². The smallest absolute Gasteiger partial charge is 0.295 e. The van der Waals surface area contributed by atoms with Gasteiger partial charge in [0.05, 0.1) is 21.6 Å². The molecule has 0 spiro atoms. The van der Waals surface area contributed by atoms with Crippen molar-refractivity contribution in [3.05, 3.63) is 62.7 Å². The Hall–Kier alpha value is -2.88. The van der Waals surface area contributed by atoms with Crippen LogP contribution in [0.4, 0.5) is 4.39 Å². The Morgan fingerprint density at radius 1 is 1.21 bits per heavy atom. The van der Waals surface area contributed by atoms with E-state index in [-0.39, 0.29) is 27.3 Å². The maximum absolute atomic E-state index is 13.2. The Morgan fingerprint density at radius 2 is 1.85 bits per heavy atom. The number of fused-ring (bicyclic) bond motifs is 1. The fourth-order valence-corrected chi connectivity index (χ4v) is 5.16. The molecule has 0 aliphatic carbocycles. The molecule has 7 nitrogen and oxygen atoms in total. The maximum atomic E-state index is 13.2. The monoisotopic (exact) mass is 503 g/mol. The van der Waals surface area contributed by atoms with Crippen LogP contribution in [-0.4, -0.2) is 70.3 Å². The molecule has 3 aromatic rings. The van der Waals surface area contributed by atoms with Crippen molar-refractivity contribution in [3.8, 4) is 0 Å². The number of hydrogen-bond donors (Lipinski definition) is 1. The highest BCUT2D eigenvalue weighted by Gasteiger charge is 2.35. The predicted octanol–water partition coefficient (Wildman–Crippen LogP) is 3.57. The number of aromatic nitrogens is 1. The number of carbonyl (C=O) groups excluding carboxylic acids is 3. The van der Waals surface area contributed by atoms with Gasteiger partial charge in [0.2, 0.25) is 0 Å². The molecule has 178 valence electrons. The molecular formula is C24H23ClFN3O4S. The van der Waals surface area contributed by atoms with Gasteiger partial charge in [-0.1, -0.05) is 23.7 Å². The molecule has 1 N–H and O–H groups in total. The molecule has 1 saturated heterocycles. The van der Waals surface area contributed by atoms with Crippen LogP contribution < -0.4 is 0 Å². The molecule has 1 aromatic carbocycles. The first-order valence-electron chi connectivity index (χ1n) is 10.7. The Morgan fingerprint density at radius 3 is 2.47 bits per heavy atom. The molecule has 0 radical (unpaired) electrons. The van der Waals surface area contributed by atoms with Crippen molar-refractivity contribution in [1.82, 2.24) is 14.8 Å². The minimum Gasteiger partial charge on any atom is -0.389 e. The molecule has 0 unspecified atom stereocenters. The summed E-state index contributed by atoms with van der Waals surface area (Å²) in [5, 5.41) is 13.0. The highest BCUT2D eigenvalue weighted by molar-refractivity contribution is 7.14. The average molecular weight is 504 g/mol. The van der Waals surface area contributed by atoms with Crippen molar-refractivity contribution in [2.75, 3.05) is 27.2 Å². The van der Waals surface area contributed by atoms with Crippen LogP contribution in [0.25, 0.3) is 10.9 Å². The molecular weight excluding hydrogens is 481 g/mol. The summed E-state index contributed by atoms with van der Waals surface area (Å²) in [5.74, 6) is -2.02. The van der Waals surface area contributed by atoms with E-state index < -0.39 is 17.3 Å². The van der Waals surface area contributed by atoms with E-state index in [0.29, 0.717) is 43.3 Å². The SMILES string of the molecule is CN(C)C(=O)C(=O)c1scc2nc(Cl)c(C(=O)N3CCC(O)(Cc4ccc(F)cc4)CC3)cc12. The number of likely N-dealkylation sites (tertiary alicyclic amines) is 1. The van der Waals surface area contributed by atoms with Gasteiger partial charge in [-0.2, -0.15) is 0 Å². The number of likely N-dealkylation sites (N-methyl/N-ethyl adjacent to an activating group) is 1. The number of aliphatic hydroxyl groups is 1. The zero-order chi connectivity index (χ0) is 24.6. The van der Waals surface area contributed by atoms with E-state index in [1.807, 2.05) is 0 Å². The number of pyridine rings is 1. The molecule has 0 atom stereocenters. The van der Waals surface area contributed by atoms with Gasteiger partial charge in [-0.05, 0) is 36.6 Å². The Bertz CT molecular complexity index is 1270. The standard InChI is InChI=1S/C24H23ClFN3O4S/c1-28(2)23(32)19(30)20-16-11-17(21(25)27-18(16)13-34-20)22(31)29-9-7-24(33,8-10-29)12-14-3-5-15(26)6-4-14/h3-6,11,13,33H,7-10,12H2,1-2H3. The lowest BCUT2D eigenvalue weighted by Crippen LogP contribution is -2.47. The number of halogens is 2. The van der Waals surface area contributed by atoms with Crippen molar-refractivity contribution in [2.24, 2.45) is 0 Å². The van der Waals surface area contributed by atoms with Crippen LogP contribution >= 0.6 is 22.9 Å². The molecule has 34 heavy (non-hydrogen) atoms. The quantitative estimate of drug-likeness (QED) is 0.326. The number of Topliss-reactive ketones (excluding diaryl/α,β-unsaturated/α-hetero) is 1. The van der Waals surface area contributed by atoms with Gasteiger partial charge in [-0.15, -0.1) is 11.3 Å². The van der Waals surface area contributed by atoms with Gasteiger partial charge in [-0.25, -0.2) is 9.37 Å². The number of amides is 2. The normalized spacial score (nSPS) is 15.4. The number of nitrogens with zero attached hydrogens (tertiary/aromatic N) is 3. The average Bonchev–Trinajstić information content (AvgIpc) is 3.21. The van der Waals surface area contributed by atoms with Crippen LogP contribution in [0.1, 0.15) is 38.4 Å². The molecule has 1 aliphatic rings. The number of piperidine rings is 1. The summed E-state index contributed by atoms with van der Waals surface area (Å²) in [5.41, 5.74) is 0.403. The highest BCUT2D eigenvalue weighted by Crippen LogP contribution is 2.32. The summed E-state index contributed by atoms with van der Waals surface area (Å²) >= 11 is 7.38. The first-order valence-corrected chi connectivity index (χ1v) is 11.9. The van der Waals surface area contributed by atoms with Crippen LogP contribution in [0.15, 0.2) is 35.7 Å². The summed E-state index contributed by atoms with van der Waals surface area (Å²) in [6, 6.07) is 7.52. The van der Waals surface area contributed by atoms with Gasteiger partial charge in [0.15, 0.2) is 0 Å². The number of benzene rings is 1. The van der Waals surface area contributed by atoms with Gasteiger partial charge in [0, 0.05) is 44.4 Å². The zero-order valence-corrected chi connectivity index (χ0v) is 20.2. The van der Waals surface area contributed by atoms with Crippen LogP contribution in [0.5, 0.6) is 0 Å². The molecule has 1 aliphatic heterocycles. The molecule has 4 rings (SSSR count). The summed E-state index contributed by atoms with van der Waals surface area (Å²) < 4.78 is 13.2. The highest BCUT2D eigenvalue weighted by atomic mass is 35.5. The van der Waals surface area contributed by atoms with Crippen molar-refractivity contribution >= 4 is 51.4 Å². The summed E-state index contributed by atoms with van der Waals surface area (Å²) in [6.45, 7) is 0.610. The molecule has 10 heteroatoms. The van der Waals surface area contributed by atoms with E-state index in [4.69, 9.17) is 11.6 Å². The summed E-state index contributed by atoms with van der Waals surface area (Å²) in [4.78, 5) is 45.2. The van der Waals surface area contributed by atoms with Crippen LogP contribution in [0, 0.1) is 5.82 Å². The van der Waals surface area contributed by atoms with Crippen LogP contribution in [-0.2, 0) is 11.2 Å². The maximum Gasteiger partial charge on any atom is 0.295 e. The Kier molecular flexibility index (Phi) is 6.71. The molecule has 0 bridgehead atoms. The third kappa shape index (κ3) is 4.82. The minimum absolute atomic E-state index is 0.0142. The second-order valence-corrected chi connectivity index (χ2v) is 9.91. The minimum atomic E-state index is -1.000.